The van der Waals surface area contributed by atoms with E-state index in [2.05, 4.69) is 39.6 Å². The number of piperidine rings is 2. The van der Waals surface area contributed by atoms with E-state index in [0.717, 1.165) is 91.4 Å². The molecule has 0 atom stereocenters. The first-order valence-corrected chi connectivity index (χ1v) is 25.6. The van der Waals surface area contributed by atoms with Gasteiger partial charge in [-0.15, -0.1) is 0 Å². The van der Waals surface area contributed by atoms with Gasteiger partial charge in [-0.3, -0.25) is 25.3 Å². The van der Waals surface area contributed by atoms with Crippen molar-refractivity contribution in [2.24, 2.45) is 23.5 Å². The van der Waals surface area contributed by atoms with E-state index in [0.29, 0.717) is 34.3 Å². The summed E-state index contributed by atoms with van der Waals surface area (Å²) in [6, 6.07) is 15.7. The Morgan fingerprint density at radius 3 is 2.28 bits per heavy atom. The zero-order valence-corrected chi connectivity index (χ0v) is 42.9. The number of rotatable bonds is 14. The molecule has 0 spiro atoms. The third kappa shape index (κ3) is 13.5. The molecule has 3 fully saturated rings. The first-order valence-electron chi connectivity index (χ1n) is 24.4. The van der Waals surface area contributed by atoms with Crippen molar-refractivity contribution in [3.05, 3.63) is 82.5 Å². The SMILES string of the molecule is CCC1CC(CN2CCC(C(=O)Nc3cccc(Sc4ncc(N5CCC(C)(N)CC5)nc4NC)c3Cl)CC2)C1.CCNC(=O)C(=N)N(C(=N)c1cc(C(C)C)c(O)cc1O)c1ccc(CC)cc1. The van der Waals surface area contributed by atoms with Crippen molar-refractivity contribution in [3.8, 4) is 11.5 Å². The molecule has 2 amide bonds. The van der Waals surface area contributed by atoms with Crippen molar-refractivity contribution in [3.63, 3.8) is 0 Å². The van der Waals surface area contributed by atoms with Gasteiger partial charge in [0.2, 0.25) is 5.91 Å². The largest absolute Gasteiger partial charge is 0.508 e. The summed E-state index contributed by atoms with van der Waals surface area (Å²) in [6.07, 6.45) is 10.4. The average molecular weight is 983 g/mol. The van der Waals surface area contributed by atoms with Crippen molar-refractivity contribution in [1.29, 1.82) is 10.8 Å². The Bertz CT molecular complexity index is 2430. The lowest BCUT2D eigenvalue weighted by Crippen LogP contribution is -2.48. The molecule has 3 heterocycles. The maximum atomic E-state index is 13.2. The maximum Gasteiger partial charge on any atom is 0.287 e. The first-order chi connectivity index (χ1) is 32.9. The lowest BCUT2D eigenvalue weighted by atomic mass is 9.73. The fraction of sp³-hybridized carbons (Fsp3) is 0.500. The normalized spacial score (nSPS) is 18.1. The van der Waals surface area contributed by atoms with Crippen LogP contribution in [0.4, 0.5) is 23.0 Å². The monoisotopic (exact) mass is 982 g/mol. The van der Waals surface area contributed by atoms with Crippen LogP contribution in [0.15, 0.2) is 70.7 Å². The molecule has 15 nitrogen and oxygen atoms in total. The van der Waals surface area contributed by atoms with Crippen LogP contribution >= 0.6 is 23.4 Å². The maximum absolute atomic E-state index is 13.2. The van der Waals surface area contributed by atoms with Gasteiger partial charge in [0.1, 0.15) is 28.2 Å². The van der Waals surface area contributed by atoms with Crippen molar-refractivity contribution in [2.45, 2.75) is 114 Å². The van der Waals surface area contributed by atoms with Crippen LogP contribution < -0.4 is 31.5 Å². The summed E-state index contributed by atoms with van der Waals surface area (Å²) in [5, 5.41) is 47.7. The second-order valence-corrected chi connectivity index (χ2v) is 20.6. The topological polar surface area (TPSA) is 220 Å². The van der Waals surface area contributed by atoms with E-state index in [-0.39, 0.29) is 46.2 Å². The molecule has 0 bridgehead atoms. The third-order valence-electron chi connectivity index (χ3n) is 13.6. The van der Waals surface area contributed by atoms with Gasteiger partial charge in [-0.25, -0.2) is 9.97 Å². The van der Waals surface area contributed by atoms with E-state index in [4.69, 9.17) is 38.1 Å². The van der Waals surface area contributed by atoms with Gasteiger partial charge < -0.3 is 41.7 Å². The van der Waals surface area contributed by atoms with Gasteiger partial charge >= 0.3 is 0 Å². The van der Waals surface area contributed by atoms with Crippen LogP contribution in [0.1, 0.15) is 109 Å². The number of aromatic nitrogens is 2. The number of halogens is 1. The highest BCUT2D eigenvalue weighted by molar-refractivity contribution is 7.99. The number of phenols is 2. The number of hydrogen-bond donors (Lipinski definition) is 8. The molecule has 17 heteroatoms. The van der Waals surface area contributed by atoms with Gasteiger partial charge in [0.05, 0.1) is 22.5 Å². The molecule has 0 unspecified atom stereocenters. The minimum Gasteiger partial charge on any atom is -0.508 e. The Labute approximate surface area is 417 Å². The smallest absolute Gasteiger partial charge is 0.287 e. The van der Waals surface area contributed by atoms with E-state index in [1.54, 1.807) is 19.1 Å². The average Bonchev–Trinajstić information content (AvgIpc) is 3.32. The summed E-state index contributed by atoms with van der Waals surface area (Å²) in [7, 11) is 1.85. The number of carbonyl (C=O) groups is 2. The number of likely N-dealkylation sites (N-methyl/N-ethyl adjacent to an activating group) is 1. The molecule has 7 rings (SSSR count). The Balaban J connectivity index is 0.000000240. The molecular weight excluding hydrogens is 910 g/mol. The predicted octanol–water partition coefficient (Wildman–Crippen LogP) is 9.46. The zero-order chi connectivity index (χ0) is 50.0. The number of likely N-dealkylation sites (tertiary alicyclic amines) is 1. The number of amides is 2. The van der Waals surface area contributed by atoms with Gasteiger partial charge in [-0.05, 0) is 131 Å². The van der Waals surface area contributed by atoms with E-state index in [9.17, 15) is 19.8 Å². The number of nitrogens with one attached hydrogen (secondary N) is 5. The number of phenolic OH excluding ortho intramolecular Hbond substituents is 2. The molecule has 0 radical (unpaired) electrons. The van der Waals surface area contributed by atoms with Crippen molar-refractivity contribution in [1.82, 2.24) is 20.2 Å². The molecular formula is C52H72ClN11O4S. The molecule has 3 aliphatic rings. The third-order valence-corrected chi connectivity index (χ3v) is 15.2. The lowest BCUT2D eigenvalue weighted by Gasteiger charge is -2.40. The number of aryl methyl sites for hydroxylation is 1. The molecule has 4 aromatic rings. The summed E-state index contributed by atoms with van der Waals surface area (Å²) in [5.41, 5.74) is 9.06. The van der Waals surface area contributed by atoms with Crippen LogP contribution in [-0.2, 0) is 16.0 Å². The Kier molecular flexibility index (Phi) is 18.4. The highest BCUT2D eigenvalue weighted by Gasteiger charge is 2.33. The highest BCUT2D eigenvalue weighted by Crippen LogP contribution is 2.41. The number of hydrogen-bond acceptors (Lipinski definition) is 13. The number of carbonyl (C=O) groups excluding carboxylic acids is 2. The minimum atomic E-state index is -0.626. The van der Waals surface area contributed by atoms with Gasteiger partial charge in [-0.1, -0.05) is 75.7 Å². The number of nitrogens with two attached hydrogens (primary N) is 1. The fourth-order valence-electron chi connectivity index (χ4n) is 9.09. The zero-order valence-electron chi connectivity index (χ0n) is 41.3. The van der Waals surface area contributed by atoms with Crippen LogP contribution in [-0.4, -0.2) is 100 Å². The molecule has 2 aliphatic heterocycles. The highest BCUT2D eigenvalue weighted by atomic mass is 35.5. The number of amidine groups is 2. The molecule has 2 saturated heterocycles. The summed E-state index contributed by atoms with van der Waals surface area (Å²) in [4.78, 5) is 41.9. The van der Waals surface area contributed by atoms with Gasteiger partial charge in [0.15, 0.2) is 11.7 Å². The van der Waals surface area contributed by atoms with Crippen LogP contribution in [0.25, 0.3) is 0 Å². The second kappa shape index (κ2) is 23.9. The van der Waals surface area contributed by atoms with Crippen LogP contribution in [0.5, 0.6) is 11.5 Å². The minimum absolute atomic E-state index is 0.0228. The van der Waals surface area contributed by atoms with Crippen LogP contribution in [0.2, 0.25) is 5.02 Å². The Morgan fingerprint density at radius 2 is 1.67 bits per heavy atom. The summed E-state index contributed by atoms with van der Waals surface area (Å²) >= 11 is 8.26. The van der Waals surface area contributed by atoms with E-state index < -0.39 is 11.7 Å². The second-order valence-electron chi connectivity index (χ2n) is 19.2. The van der Waals surface area contributed by atoms with Crippen molar-refractivity contribution in [2.75, 3.05) is 66.7 Å². The van der Waals surface area contributed by atoms with Gasteiger partial charge in [-0.2, -0.15) is 0 Å². The van der Waals surface area contributed by atoms with Crippen molar-refractivity contribution < 1.29 is 19.8 Å². The molecule has 372 valence electrons. The quantitative estimate of drug-likeness (QED) is 0.0438. The van der Waals surface area contributed by atoms with E-state index in [1.165, 1.54) is 54.6 Å². The molecule has 69 heavy (non-hydrogen) atoms. The molecule has 3 aromatic carbocycles. The number of anilines is 4. The van der Waals surface area contributed by atoms with Crippen LogP contribution in [0.3, 0.4) is 0 Å². The lowest BCUT2D eigenvalue weighted by molar-refractivity contribution is -0.121. The summed E-state index contributed by atoms with van der Waals surface area (Å²) < 4.78 is 0. The van der Waals surface area contributed by atoms with Crippen molar-refractivity contribution >= 4 is 69.9 Å². The van der Waals surface area contributed by atoms with E-state index >= 15 is 0 Å². The molecule has 1 saturated carbocycles. The standard InChI is InChI=1S/C30H44ClN7OS.C22H28N4O3/c1-4-20-16-21(17-20)19-37-12-8-22(9-13-37)28(39)35-23-6-5-7-24(26(23)31)40-29-27(33-3)36-25(18-34-29)38-14-10-30(2,32)11-15-38;1-5-14-7-9-15(10-8-14)26(21(24)22(29)25-6-2)20(23)17-11-16(13(3)4)18(27)12-19(17)28/h5-7,18,20-22H,4,8-17,19,32H2,1-3H3,(H,33,36)(H,35,39);7-13,23-24,27-28H,5-6H2,1-4H3,(H,25,29). The van der Waals surface area contributed by atoms with Gasteiger partial charge in [0, 0.05) is 61.3 Å². The van der Waals surface area contributed by atoms with Crippen LogP contribution in [0, 0.1) is 28.6 Å². The number of aromatic hydroxyl groups is 2. The van der Waals surface area contributed by atoms with E-state index in [1.807, 2.05) is 64.3 Å². The van der Waals surface area contributed by atoms with Gasteiger partial charge in [0.25, 0.3) is 5.91 Å². The predicted molar refractivity (Wildman–Crippen MR) is 281 cm³/mol. The molecule has 1 aliphatic carbocycles. The number of nitrogens with zero attached hydrogens (tertiary/aromatic N) is 5. The summed E-state index contributed by atoms with van der Waals surface area (Å²) in [5.74, 6) is 1.74. The fourth-order valence-corrected chi connectivity index (χ4v) is 10.3. The Hall–Kier alpha value is -5.42. The number of benzene rings is 3. The first kappa shape index (κ1) is 52.9. The molecule has 1 aromatic heterocycles. The molecule has 9 N–H and O–H groups in total. The summed E-state index contributed by atoms with van der Waals surface area (Å²) in [6.45, 7) is 17.2. The Morgan fingerprint density at radius 1 is 0.986 bits per heavy atom.